The summed E-state index contributed by atoms with van der Waals surface area (Å²) >= 11 is 12.2. The van der Waals surface area contributed by atoms with Gasteiger partial charge in [-0.05, 0) is 32.0 Å². The van der Waals surface area contributed by atoms with E-state index in [1.807, 2.05) is 25.1 Å². The molecule has 1 atom stereocenters. The maximum Gasteiger partial charge on any atom is 0.263 e. The Morgan fingerprint density at radius 1 is 1.19 bits per heavy atom. The molecule has 144 valence electrons. The highest BCUT2D eigenvalue weighted by molar-refractivity contribution is 6.42. The van der Waals surface area contributed by atoms with Crippen LogP contribution in [0.5, 0.6) is 17.2 Å². The first kappa shape index (κ1) is 19.6. The fourth-order valence-corrected chi connectivity index (χ4v) is 3.22. The minimum Gasteiger partial charge on any atom is -0.486 e. The molecule has 0 aromatic heterocycles. The Morgan fingerprint density at radius 2 is 1.93 bits per heavy atom. The van der Waals surface area contributed by atoms with Crippen molar-refractivity contribution in [1.29, 1.82) is 0 Å². The fourth-order valence-electron chi connectivity index (χ4n) is 2.88. The molecule has 0 spiro atoms. The molecule has 1 heterocycles. The quantitative estimate of drug-likeness (QED) is 0.700. The second-order valence-corrected chi connectivity index (χ2v) is 6.89. The number of hydrogen-bond donors (Lipinski definition) is 0. The minimum atomic E-state index is -0.711. The zero-order valence-corrected chi connectivity index (χ0v) is 16.7. The van der Waals surface area contributed by atoms with Gasteiger partial charge in [-0.1, -0.05) is 41.4 Å². The smallest absolute Gasteiger partial charge is 0.263 e. The van der Waals surface area contributed by atoms with Gasteiger partial charge in [-0.15, -0.1) is 0 Å². The van der Waals surface area contributed by atoms with E-state index in [1.54, 1.807) is 30.0 Å². The van der Waals surface area contributed by atoms with E-state index in [0.717, 1.165) is 5.56 Å². The Labute approximate surface area is 168 Å². The van der Waals surface area contributed by atoms with Gasteiger partial charge in [0.25, 0.3) is 5.91 Å². The van der Waals surface area contributed by atoms with Crippen molar-refractivity contribution in [3.8, 4) is 17.2 Å². The van der Waals surface area contributed by atoms with Gasteiger partial charge in [0.05, 0.1) is 5.02 Å². The predicted molar refractivity (Wildman–Crippen MR) is 105 cm³/mol. The third-order valence-corrected chi connectivity index (χ3v) is 5.07. The van der Waals surface area contributed by atoms with Gasteiger partial charge in [0.1, 0.15) is 24.0 Å². The number of para-hydroxylation sites is 1. The van der Waals surface area contributed by atoms with Crippen molar-refractivity contribution in [2.75, 3.05) is 19.8 Å². The molecule has 0 radical (unpaired) electrons. The summed E-state index contributed by atoms with van der Waals surface area (Å²) in [4.78, 5) is 14.6. The number of halogens is 2. The molecular weight excluding hydrogens is 389 g/mol. The number of fused-ring (bicyclic) bond motifs is 1. The minimum absolute atomic E-state index is 0.150. The molecule has 0 fully saturated rings. The van der Waals surface area contributed by atoms with Crippen LogP contribution in [-0.2, 0) is 11.3 Å². The maximum absolute atomic E-state index is 12.9. The molecule has 0 saturated heterocycles. The van der Waals surface area contributed by atoms with Crippen molar-refractivity contribution in [3.63, 3.8) is 0 Å². The number of amides is 1. The van der Waals surface area contributed by atoms with Crippen molar-refractivity contribution in [3.05, 3.63) is 52.0 Å². The average Bonchev–Trinajstić information content (AvgIpc) is 2.69. The van der Waals surface area contributed by atoms with E-state index in [1.165, 1.54) is 0 Å². The Bertz CT molecular complexity index is 828. The van der Waals surface area contributed by atoms with E-state index >= 15 is 0 Å². The number of hydrogen-bond acceptors (Lipinski definition) is 4. The van der Waals surface area contributed by atoms with Crippen molar-refractivity contribution < 1.29 is 19.0 Å². The summed E-state index contributed by atoms with van der Waals surface area (Å²) in [6.45, 7) is 5.57. The number of rotatable bonds is 6. The second-order valence-electron chi connectivity index (χ2n) is 6.11. The highest BCUT2D eigenvalue weighted by Gasteiger charge is 2.24. The largest absolute Gasteiger partial charge is 0.486 e. The maximum atomic E-state index is 12.9. The molecule has 7 heteroatoms. The molecule has 1 unspecified atom stereocenters. The third-order valence-electron chi connectivity index (χ3n) is 4.27. The van der Waals surface area contributed by atoms with Gasteiger partial charge in [-0.2, -0.15) is 0 Å². The van der Waals surface area contributed by atoms with Crippen LogP contribution in [0.1, 0.15) is 19.4 Å². The van der Waals surface area contributed by atoms with E-state index < -0.39 is 6.10 Å². The first-order valence-electron chi connectivity index (χ1n) is 8.78. The SMILES string of the molecule is CCN(Cc1cccc2c1OCCO2)C(=O)C(C)Oc1cccc(Cl)c1Cl. The molecule has 27 heavy (non-hydrogen) atoms. The Balaban J connectivity index is 1.73. The Kier molecular flexibility index (Phi) is 6.34. The van der Waals surface area contributed by atoms with E-state index in [0.29, 0.717) is 53.6 Å². The van der Waals surface area contributed by atoms with Crippen LogP contribution in [0.3, 0.4) is 0 Å². The summed E-state index contributed by atoms with van der Waals surface area (Å²) in [6.07, 6.45) is -0.711. The zero-order chi connectivity index (χ0) is 19.4. The molecule has 3 rings (SSSR count). The van der Waals surface area contributed by atoms with Gasteiger partial charge >= 0.3 is 0 Å². The summed E-state index contributed by atoms with van der Waals surface area (Å²) in [7, 11) is 0. The lowest BCUT2D eigenvalue weighted by Gasteiger charge is -2.27. The number of likely N-dealkylation sites (N-methyl/N-ethyl adjacent to an activating group) is 1. The molecule has 2 aromatic rings. The van der Waals surface area contributed by atoms with Gasteiger partial charge in [0, 0.05) is 18.7 Å². The van der Waals surface area contributed by atoms with Crippen LogP contribution in [0, 0.1) is 0 Å². The van der Waals surface area contributed by atoms with Crippen LogP contribution in [0.4, 0.5) is 0 Å². The number of nitrogens with zero attached hydrogens (tertiary/aromatic N) is 1. The van der Waals surface area contributed by atoms with Crippen LogP contribution in [0.25, 0.3) is 0 Å². The highest BCUT2D eigenvalue weighted by Crippen LogP contribution is 2.35. The predicted octanol–water partition coefficient (Wildman–Crippen LogP) is 4.58. The Hall–Kier alpha value is -2.11. The van der Waals surface area contributed by atoms with Gasteiger partial charge in [-0.3, -0.25) is 4.79 Å². The van der Waals surface area contributed by atoms with Crippen molar-refractivity contribution in [2.24, 2.45) is 0 Å². The topological polar surface area (TPSA) is 48.0 Å². The standard InChI is InChI=1S/C20H21Cl2NO4/c1-3-23(12-14-6-4-9-17-19(14)26-11-10-25-17)20(24)13(2)27-16-8-5-7-15(21)18(16)22/h4-9,13H,3,10-12H2,1-2H3. The molecule has 0 aliphatic carbocycles. The lowest BCUT2D eigenvalue weighted by Crippen LogP contribution is -2.40. The van der Waals surface area contributed by atoms with Crippen molar-refractivity contribution >= 4 is 29.1 Å². The number of carbonyl (C=O) groups is 1. The van der Waals surface area contributed by atoms with Crippen molar-refractivity contribution in [2.45, 2.75) is 26.5 Å². The van der Waals surface area contributed by atoms with Crippen LogP contribution in [0.15, 0.2) is 36.4 Å². The fraction of sp³-hybridized carbons (Fsp3) is 0.350. The number of ether oxygens (including phenoxy) is 3. The summed E-state index contributed by atoms with van der Waals surface area (Å²) in [5, 5.41) is 0.679. The van der Waals surface area contributed by atoms with E-state index in [9.17, 15) is 4.79 Å². The molecule has 1 aliphatic heterocycles. The summed E-state index contributed by atoms with van der Waals surface area (Å²) in [5.41, 5.74) is 0.899. The van der Waals surface area contributed by atoms with E-state index in [2.05, 4.69) is 0 Å². The van der Waals surface area contributed by atoms with Gasteiger partial charge < -0.3 is 19.1 Å². The van der Waals surface area contributed by atoms with Crippen LogP contribution < -0.4 is 14.2 Å². The summed E-state index contributed by atoms with van der Waals surface area (Å²) in [6, 6.07) is 10.8. The summed E-state index contributed by atoms with van der Waals surface area (Å²) < 4.78 is 17.1. The number of carbonyl (C=O) groups excluding carboxylic acids is 1. The zero-order valence-electron chi connectivity index (χ0n) is 15.2. The first-order chi connectivity index (χ1) is 13.0. The second kappa shape index (κ2) is 8.72. The molecule has 0 saturated carbocycles. The average molecular weight is 410 g/mol. The monoisotopic (exact) mass is 409 g/mol. The van der Waals surface area contributed by atoms with Gasteiger partial charge in [-0.25, -0.2) is 0 Å². The molecule has 1 amide bonds. The molecule has 1 aliphatic rings. The molecule has 5 nitrogen and oxygen atoms in total. The molecular formula is C20H21Cl2NO4. The number of benzene rings is 2. The molecule has 0 bridgehead atoms. The van der Waals surface area contributed by atoms with Crippen LogP contribution >= 0.6 is 23.2 Å². The van der Waals surface area contributed by atoms with Crippen LogP contribution in [-0.4, -0.2) is 36.7 Å². The Morgan fingerprint density at radius 3 is 2.70 bits per heavy atom. The van der Waals surface area contributed by atoms with Gasteiger partial charge in [0.2, 0.25) is 0 Å². The van der Waals surface area contributed by atoms with E-state index in [-0.39, 0.29) is 5.91 Å². The van der Waals surface area contributed by atoms with Crippen molar-refractivity contribution in [1.82, 2.24) is 4.90 Å². The summed E-state index contributed by atoms with van der Waals surface area (Å²) in [5.74, 6) is 1.64. The normalized spacial score (nSPS) is 13.8. The highest BCUT2D eigenvalue weighted by atomic mass is 35.5. The van der Waals surface area contributed by atoms with Gasteiger partial charge in [0.15, 0.2) is 17.6 Å². The van der Waals surface area contributed by atoms with Crippen LogP contribution in [0.2, 0.25) is 10.0 Å². The third kappa shape index (κ3) is 4.42. The first-order valence-corrected chi connectivity index (χ1v) is 9.53. The lowest BCUT2D eigenvalue weighted by atomic mass is 10.1. The van der Waals surface area contributed by atoms with E-state index in [4.69, 9.17) is 37.4 Å². The lowest BCUT2D eigenvalue weighted by molar-refractivity contribution is -0.138. The molecule has 0 N–H and O–H groups in total. The molecule has 2 aromatic carbocycles.